The van der Waals surface area contributed by atoms with E-state index < -0.39 is 86.8 Å². The number of carbonyl (C=O) groups is 1. The topological polar surface area (TPSA) is 228 Å². The SMILES string of the molecule is CCCCCCCCC/C=C\CCCCCCCCCC(=O)NC(COC1OC(CO)C(OC2OC(CO)C(O)C(O)C2O)C(O)C1O)C(O)/C=C/CC/C=C/CC/C=C/CCCCCCCCCCCCCCCC. The highest BCUT2D eigenvalue weighted by molar-refractivity contribution is 5.76. The third-order valence-electron chi connectivity index (χ3n) is 15.0. The Bertz CT molecular complexity index is 1460. The first-order valence-corrected chi connectivity index (χ1v) is 30.9. The van der Waals surface area contributed by atoms with Crippen LogP contribution in [0.1, 0.15) is 245 Å². The van der Waals surface area contributed by atoms with Crippen LogP contribution in [0.25, 0.3) is 0 Å². The molecular weight excluding hydrogens is 967 g/mol. The lowest BCUT2D eigenvalue weighted by Crippen LogP contribution is -2.65. The first-order valence-electron chi connectivity index (χ1n) is 30.9. The molecular formula is C62H113NO13. The summed E-state index contributed by atoms with van der Waals surface area (Å²) in [6, 6.07) is -0.941. The van der Waals surface area contributed by atoms with Gasteiger partial charge in [0.1, 0.15) is 48.8 Å². The van der Waals surface area contributed by atoms with E-state index in [0.717, 1.165) is 51.4 Å². The molecule has 14 nitrogen and oxygen atoms in total. The average molecular weight is 1080 g/mol. The molecule has 2 aliphatic heterocycles. The maximum absolute atomic E-state index is 13.3. The van der Waals surface area contributed by atoms with Gasteiger partial charge in [0.05, 0.1) is 32.0 Å². The zero-order valence-electron chi connectivity index (χ0n) is 47.7. The van der Waals surface area contributed by atoms with Crippen LogP contribution in [0.4, 0.5) is 0 Å². The van der Waals surface area contributed by atoms with Gasteiger partial charge in [0.15, 0.2) is 12.6 Å². The summed E-state index contributed by atoms with van der Waals surface area (Å²) in [5.41, 5.74) is 0. The van der Waals surface area contributed by atoms with Gasteiger partial charge in [-0.2, -0.15) is 0 Å². The van der Waals surface area contributed by atoms with E-state index in [1.54, 1.807) is 6.08 Å². The van der Waals surface area contributed by atoms with Crippen molar-refractivity contribution in [3.8, 4) is 0 Å². The van der Waals surface area contributed by atoms with E-state index in [-0.39, 0.29) is 18.9 Å². The lowest BCUT2D eigenvalue weighted by Gasteiger charge is -2.46. The van der Waals surface area contributed by atoms with Crippen molar-refractivity contribution in [3.05, 3.63) is 48.6 Å². The molecule has 12 atom stereocenters. The van der Waals surface area contributed by atoms with Crippen LogP contribution in [-0.4, -0.2) is 140 Å². The monoisotopic (exact) mass is 1080 g/mol. The van der Waals surface area contributed by atoms with Crippen LogP contribution in [-0.2, 0) is 23.7 Å². The van der Waals surface area contributed by atoms with Crippen molar-refractivity contribution < 1.29 is 64.6 Å². The molecule has 2 saturated heterocycles. The minimum atomic E-state index is -1.79. The number of ether oxygens (including phenoxy) is 4. The molecule has 2 fully saturated rings. The van der Waals surface area contributed by atoms with Crippen LogP contribution in [0.15, 0.2) is 48.6 Å². The van der Waals surface area contributed by atoms with Crippen LogP contribution in [0.5, 0.6) is 0 Å². The van der Waals surface area contributed by atoms with Gasteiger partial charge in [0, 0.05) is 6.42 Å². The van der Waals surface area contributed by atoms with Gasteiger partial charge in [0.2, 0.25) is 5.91 Å². The molecule has 0 spiro atoms. The molecule has 2 heterocycles. The minimum Gasteiger partial charge on any atom is -0.394 e. The van der Waals surface area contributed by atoms with E-state index >= 15 is 0 Å². The number of hydrogen-bond donors (Lipinski definition) is 9. The van der Waals surface area contributed by atoms with Crippen LogP contribution < -0.4 is 5.32 Å². The second-order valence-corrected chi connectivity index (χ2v) is 21.8. The lowest BCUT2D eigenvalue weighted by atomic mass is 9.97. The Labute approximate surface area is 461 Å². The zero-order valence-corrected chi connectivity index (χ0v) is 47.7. The smallest absolute Gasteiger partial charge is 0.220 e. The number of allylic oxidation sites excluding steroid dienone is 7. The fraction of sp³-hybridized carbons (Fsp3) is 0.855. The Morgan fingerprint density at radius 3 is 1.29 bits per heavy atom. The van der Waals surface area contributed by atoms with Crippen molar-refractivity contribution in [2.45, 2.75) is 319 Å². The summed E-state index contributed by atoms with van der Waals surface area (Å²) in [5.74, 6) is -0.257. The molecule has 0 bridgehead atoms. The highest BCUT2D eigenvalue weighted by Crippen LogP contribution is 2.30. The molecule has 14 heteroatoms. The predicted molar refractivity (Wildman–Crippen MR) is 304 cm³/mol. The van der Waals surface area contributed by atoms with E-state index in [4.69, 9.17) is 18.9 Å². The molecule has 9 N–H and O–H groups in total. The molecule has 0 radical (unpaired) electrons. The van der Waals surface area contributed by atoms with Crippen molar-refractivity contribution in [1.29, 1.82) is 0 Å². The first kappa shape index (κ1) is 70.1. The van der Waals surface area contributed by atoms with E-state index in [0.29, 0.717) is 12.8 Å². The third kappa shape index (κ3) is 32.9. The largest absolute Gasteiger partial charge is 0.394 e. The number of carbonyl (C=O) groups excluding carboxylic acids is 1. The first-order chi connectivity index (χ1) is 37.1. The maximum Gasteiger partial charge on any atom is 0.220 e. The Morgan fingerprint density at radius 1 is 0.461 bits per heavy atom. The predicted octanol–water partition coefficient (Wildman–Crippen LogP) is 10.8. The summed E-state index contributed by atoms with van der Waals surface area (Å²) >= 11 is 0. The minimum absolute atomic E-state index is 0.257. The number of nitrogens with one attached hydrogen (secondary N) is 1. The molecule has 12 unspecified atom stereocenters. The molecule has 76 heavy (non-hydrogen) atoms. The van der Waals surface area contributed by atoms with Gasteiger partial charge in [-0.05, 0) is 70.6 Å². The van der Waals surface area contributed by atoms with Crippen molar-refractivity contribution in [3.63, 3.8) is 0 Å². The normalized spacial score (nSPS) is 25.2. The number of rotatable bonds is 49. The third-order valence-corrected chi connectivity index (χ3v) is 15.0. The van der Waals surface area contributed by atoms with E-state index in [1.165, 1.54) is 161 Å². The van der Waals surface area contributed by atoms with Crippen LogP contribution in [0.2, 0.25) is 0 Å². The Morgan fingerprint density at radius 2 is 0.842 bits per heavy atom. The second-order valence-electron chi connectivity index (χ2n) is 21.8. The highest BCUT2D eigenvalue weighted by Gasteiger charge is 2.51. The van der Waals surface area contributed by atoms with Gasteiger partial charge in [-0.15, -0.1) is 0 Å². The molecule has 1 amide bonds. The quantitative estimate of drug-likeness (QED) is 0.0204. The number of amides is 1. The zero-order chi connectivity index (χ0) is 55.3. The number of aliphatic hydroxyl groups is 8. The Kier molecular flexibility index (Phi) is 44.0. The molecule has 0 aromatic carbocycles. The van der Waals surface area contributed by atoms with Crippen molar-refractivity contribution >= 4 is 5.91 Å². The number of unbranched alkanes of at least 4 members (excludes halogenated alkanes) is 30. The van der Waals surface area contributed by atoms with E-state index in [2.05, 4.69) is 55.6 Å². The average Bonchev–Trinajstić information content (AvgIpc) is 3.42. The molecule has 0 aromatic rings. The lowest BCUT2D eigenvalue weighted by molar-refractivity contribution is -0.359. The fourth-order valence-corrected chi connectivity index (χ4v) is 9.97. The van der Waals surface area contributed by atoms with Crippen molar-refractivity contribution in [1.82, 2.24) is 5.32 Å². The summed E-state index contributed by atoms with van der Waals surface area (Å²) in [4.78, 5) is 13.3. The second kappa shape index (κ2) is 47.7. The molecule has 0 saturated carbocycles. The maximum atomic E-state index is 13.3. The summed E-state index contributed by atoms with van der Waals surface area (Å²) in [5, 5.41) is 87.1. The van der Waals surface area contributed by atoms with Gasteiger partial charge in [-0.25, -0.2) is 0 Å². The molecule has 0 aromatic heterocycles. The summed E-state index contributed by atoms with van der Waals surface area (Å²) in [6.45, 7) is 2.78. The molecule has 444 valence electrons. The molecule has 2 aliphatic rings. The van der Waals surface area contributed by atoms with Crippen molar-refractivity contribution in [2.24, 2.45) is 0 Å². The van der Waals surface area contributed by atoms with Gasteiger partial charge < -0.3 is 65.1 Å². The molecule has 0 aliphatic carbocycles. The fourth-order valence-electron chi connectivity index (χ4n) is 9.97. The van der Waals surface area contributed by atoms with E-state index in [1.807, 2.05) is 6.08 Å². The van der Waals surface area contributed by atoms with Gasteiger partial charge in [-0.3, -0.25) is 4.79 Å². The van der Waals surface area contributed by atoms with Gasteiger partial charge in [0.25, 0.3) is 0 Å². The van der Waals surface area contributed by atoms with Crippen LogP contribution in [0.3, 0.4) is 0 Å². The Hall–Kier alpha value is -2.05. The highest BCUT2D eigenvalue weighted by atomic mass is 16.7. The van der Waals surface area contributed by atoms with Crippen LogP contribution in [0, 0.1) is 0 Å². The number of hydrogen-bond acceptors (Lipinski definition) is 13. The standard InChI is InChI=1S/C62H113NO13/c1-3-5-7-9-11-13-15-17-19-21-23-24-25-26-27-28-29-31-33-35-37-39-41-43-45-51(66)50(63-54(67)46-44-42-40-38-36-34-32-30-22-20-18-16-14-12-10-8-6-4-2)49-73-61-59(72)57(70)60(53(48-65)75-61)76-62-58(71)56(69)55(68)52(47-64)74-62/h20,22,28-29,35,37,43,45,50-53,55-62,64-66,68-72H,3-19,21,23-27,30-34,36,38-42,44,46-49H2,1-2H3,(H,63,67)/b22-20-,29-28+,37-35+,45-43+. The number of aliphatic hydroxyl groups excluding tert-OH is 8. The molecule has 2 rings (SSSR count). The Balaban J connectivity index is 1.78. The summed E-state index contributed by atoms with van der Waals surface area (Å²) in [6.07, 6.45) is 43.0. The summed E-state index contributed by atoms with van der Waals surface area (Å²) < 4.78 is 22.8. The van der Waals surface area contributed by atoms with Gasteiger partial charge in [-0.1, -0.05) is 217 Å². The summed E-state index contributed by atoms with van der Waals surface area (Å²) in [7, 11) is 0. The van der Waals surface area contributed by atoms with E-state index in [9.17, 15) is 45.6 Å². The van der Waals surface area contributed by atoms with Gasteiger partial charge >= 0.3 is 0 Å². The van der Waals surface area contributed by atoms with Crippen LogP contribution >= 0.6 is 0 Å². The van der Waals surface area contributed by atoms with Crippen molar-refractivity contribution in [2.75, 3.05) is 19.8 Å².